The van der Waals surface area contributed by atoms with E-state index in [0.717, 1.165) is 18.2 Å². The monoisotopic (exact) mass is 378 g/mol. The van der Waals surface area contributed by atoms with Gasteiger partial charge in [-0.2, -0.15) is 22.0 Å². The average molecular weight is 378 g/mol. The maximum Gasteiger partial charge on any atom is 0.457 e. The molecule has 3 aromatic carbocycles. The molecule has 0 saturated carbocycles. The third-order valence-corrected chi connectivity index (χ3v) is 4.34. The van der Waals surface area contributed by atoms with Crippen LogP contribution in [-0.4, -0.2) is 17.2 Å². The van der Waals surface area contributed by atoms with Gasteiger partial charge in [0.2, 0.25) is 0 Å². The van der Waals surface area contributed by atoms with Gasteiger partial charge in [0.15, 0.2) is 5.60 Å². The molecule has 140 valence electrons. The summed E-state index contributed by atoms with van der Waals surface area (Å²) in [5.41, 5.74) is -3.73. The summed E-state index contributed by atoms with van der Waals surface area (Å²) in [5.74, 6) is -5.40. The van der Waals surface area contributed by atoms with E-state index in [-0.39, 0.29) is 0 Å². The zero-order valence-corrected chi connectivity index (χ0v) is 13.9. The molecule has 0 radical (unpaired) electrons. The fourth-order valence-electron chi connectivity index (χ4n) is 2.81. The van der Waals surface area contributed by atoms with Crippen LogP contribution in [0.2, 0.25) is 0 Å². The minimum atomic E-state index is -5.94. The normalized spacial score (nSPS) is 15.2. The highest BCUT2D eigenvalue weighted by Crippen LogP contribution is 2.49. The minimum absolute atomic E-state index is 0.384. The van der Waals surface area contributed by atoms with Crippen LogP contribution in [-0.2, 0) is 5.60 Å². The van der Waals surface area contributed by atoms with Gasteiger partial charge in [-0.25, -0.2) is 0 Å². The van der Waals surface area contributed by atoms with Crippen molar-refractivity contribution in [2.75, 3.05) is 0 Å². The SMILES string of the molecule is OC(/C=C/c1ccccc1)(c1ccc2ccccc2c1)C(F)(F)C(F)(F)F. The van der Waals surface area contributed by atoms with Gasteiger partial charge in [0, 0.05) is 0 Å². The second-order valence-electron chi connectivity index (χ2n) is 6.14. The summed E-state index contributed by atoms with van der Waals surface area (Å²) in [5, 5.41) is 11.7. The third-order valence-electron chi connectivity index (χ3n) is 4.34. The Balaban J connectivity index is 2.18. The molecule has 3 rings (SSSR count). The molecule has 1 unspecified atom stereocenters. The van der Waals surface area contributed by atoms with Gasteiger partial charge >= 0.3 is 12.1 Å². The van der Waals surface area contributed by atoms with E-state index < -0.39 is 23.3 Å². The smallest absolute Gasteiger partial charge is 0.375 e. The lowest BCUT2D eigenvalue weighted by atomic mass is 9.84. The molecule has 0 spiro atoms. The number of halogens is 5. The molecule has 0 aromatic heterocycles. The first-order valence-electron chi connectivity index (χ1n) is 8.06. The fraction of sp³-hybridized carbons (Fsp3) is 0.143. The Morgan fingerprint density at radius 2 is 1.30 bits per heavy atom. The molecule has 6 heteroatoms. The van der Waals surface area contributed by atoms with Crippen LogP contribution in [0.25, 0.3) is 16.8 Å². The van der Waals surface area contributed by atoms with Gasteiger partial charge in [-0.1, -0.05) is 72.8 Å². The third kappa shape index (κ3) is 3.45. The number of fused-ring (bicyclic) bond motifs is 1. The first-order valence-corrected chi connectivity index (χ1v) is 8.06. The number of hydrogen-bond acceptors (Lipinski definition) is 1. The number of aliphatic hydroxyl groups is 1. The van der Waals surface area contributed by atoms with Crippen LogP contribution >= 0.6 is 0 Å². The van der Waals surface area contributed by atoms with E-state index in [2.05, 4.69) is 0 Å². The molecule has 0 heterocycles. The molecule has 0 bridgehead atoms. The minimum Gasteiger partial charge on any atom is -0.375 e. The van der Waals surface area contributed by atoms with Crippen molar-refractivity contribution in [1.29, 1.82) is 0 Å². The molecule has 0 aliphatic carbocycles. The summed E-state index contributed by atoms with van der Waals surface area (Å²) >= 11 is 0. The molecule has 0 aliphatic rings. The molecule has 0 fully saturated rings. The van der Waals surface area contributed by atoms with Crippen LogP contribution in [0.5, 0.6) is 0 Å². The Morgan fingerprint density at radius 1 is 0.704 bits per heavy atom. The molecular formula is C21H15F5O. The number of rotatable bonds is 4. The Hall–Kier alpha value is -2.73. The molecule has 1 N–H and O–H groups in total. The molecule has 27 heavy (non-hydrogen) atoms. The van der Waals surface area contributed by atoms with E-state index in [4.69, 9.17) is 0 Å². The molecule has 0 aliphatic heterocycles. The van der Waals surface area contributed by atoms with Crippen molar-refractivity contribution in [3.05, 3.63) is 90.0 Å². The van der Waals surface area contributed by atoms with Gasteiger partial charge in [0.1, 0.15) is 0 Å². The fourth-order valence-corrected chi connectivity index (χ4v) is 2.81. The van der Waals surface area contributed by atoms with Crippen molar-refractivity contribution >= 4 is 16.8 Å². The zero-order valence-electron chi connectivity index (χ0n) is 13.9. The van der Waals surface area contributed by atoms with Gasteiger partial charge in [-0.3, -0.25) is 0 Å². The van der Waals surface area contributed by atoms with Crippen molar-refractivity contribution in [1.82, 2.24) is 0 Å². The first kappa shape index (κ1) is 19.0. The van der Waals surface area contributed by atoms with Crippen molar-refractivity contribution in [3.63, 3.8) is 0 Å². The summed E-state index contributed by atoms with van der Waals surface area (Å²) in [6.07, 6.45) is -4.39. The summed E-state index contributed by atoms with van der Waals surface area (Å²) in [6.45, 7) is 0. The van der Waals surface area contributed by atoms with Gasteiger partial charge in [-0.15, -0.1) is 0 Å². The Bertz CT molecular complexity index is 963. The highest BCUT2D eigenvalue weighted by Gasteiger charge is 2.69. The maximum absolute atomic E-state index is 14.3. The molecule has 1 atom stereocenters. The van der Waals surface area contributed by atoms with Crippen LogP contribution in [0, 0.1) is 0 Å². The predicted molar refractivity (Wildman–Crippen MR) is 94.3 cm³/mol. The largest absolute Gasteiger partial charge is 0.457 e. The number of alkyl halides is 5. The van der Waals surface area contributed by atoms with E-state index in [1.165, 1.54) is 18.2 Å². The quantitative estimate of drug-likeness (QED) is 0.557. The van der Waals surface area contributed by atoms with Crippen LogP contribution in [0.15, 0.2) is 78.9 Å². The molecule has 3 aromatic rings. The van der Waals surface area contributed by atoms with Crippen molar-refractivity contribution in [3.8, 4) is 0 Å². The summed E-state index contributed by atoms with van der Waals surface area (Å²) in [7, 11) is 0. The maximum atomic E-state index is 14.3. The van der Waals surface area contributed by atoms with Gasteiger partial charge in [-0.05, 0) is 34.0 Å². The molecule has 0 amide bonds. The summed E-state index contributed by atoms with van der Waals surface area (Å²) in [4.78, 5) is 0. The average Bonchev–Trinajstić information content (AvgIpc) is 2.65. The van der Waals surface area contributed by atoms with E-state index >= 15 is 0 Å². The zero-order chi connectivity index (χ0) is 19.7. The molecule has 1 nitrogen and oxygen atoms in total. The highest BCUT2D eigenvalue weighted by atomic mass is 19.4. The Kier molecular flexibility index (Phi) is 4.78. The van der Waals surface area contributed by atoms with Crippen LogP contribution < -0.4 is 0 Å². The second-order valence-corrected chi connectivity index (χ2v) is 6.14. The lowest BCUT2D eigenvalue weighted by Crippen LogP contribution is -2.53. The van der Waals surface area contributed by atoms with Crippen LogP contribution in [0.3, 0.4) is 0 Å². The van der Waals surface area contributed by atoms with Crippen LogP contribution in [0.4, 0.5) is 22.0 Å². The lowest BCUT2D eigenvalue weighted by Gasteiger charge is -2.35. The van der Waals surface area contributed by atoms with Gasteiger partial charge < -0.3 is 5.11 Å². The van der Waals surface area contributed by atoms with Crippen LogP contribution in [0.1, 0.15) is 11.1 Å². The van der Waals surface area contributed by atoms with Gasteiger partial charge in [0.25, 0.3) is 0 Å². The molecule has 0 saturated heterocycles. The van der Waals surface area contributed by atoms with E-state index in [1.54, 1.807) is 42.5 Å². The first-order chi connectivity index (χ1) is 12.6. The Labute approximate surface area is 152 Å². The standard InChI is InChI=1S/C21H15F5O/c22-20(23,21(24,25)26)19(27,13-12-15-6-2-1-3-7-15)18-11-10-16-8-4-5-9-17(16)14-18/h1-14,27H/b13-12+. The van der Waals surface area contributed by atoms with Crippen molar-refractivity contribution in [2.24, 2.45) is 0 Å². The van der Waals surface area contributed by atoms with Gasteiger partial charge in [0.05, 0.1) is 0 Å². The van der Waals surface area contributed by atoms with Crippen molar-refractivity contribution in [2.45, 2.75) is 17.7 Å². The predicted octanol–water partition coefficient (Wildman–Crippen LogP) is 5.94. The highest BCUT2D eigenvalue weighted by molar-refractivity contribution is 5.83. The lowest BCUT2D eigenvalue weighted by molar-refractivity contribution is -0.334. The Morgan fingerprint density at radius 3 is 1.93 bits per heavy atom. The topological polar surface area (TPSA) is 20.2 Å². The van der Waals surface area contributed by atoms with E-state index in [9.17, 15) is 27.1 Å². The van der Waals surface area contributed by atoms with E-state index in [1.807, 2.05) is 0 Å². The summed E-state index contributed by atoms with van der Waals surface area (Å²) < 4.78 is 68.0. The molecular weight excluding hydrogens is 363 g/mol. The summed E-state index contributed by atoms with van der Waals surface area (Å²) in [6, 6.07) is 18.2. The van der Waals surface area contributed by atoms with Crippen molar-refractivity contribution < 1.29 is 27.1 Å². The number of hydrogen-bond donors (Lipinski definition) is 1. The number of benzene rings is 3. The van der Waals surface area contributed by atoms with E-state index in [0.29, 0.717) is 22.4 Å². The second kappa shape index (κ2) is 6.78.